The summed E-state index contributed by atoms with van der Waals surface area (Å²) in [5.74, 6) is 0.354. The Bertz CT molecular complexity index is 1120. The highest BCUT2D eigenvalue weighted by molar-refractivity contribution is 5.97. The summed E-state index contributed by atoms with van der Waals surface area (Å²) in [5, 5.41) is 14.6. The summed E-state index contributed by atoms with van der Waals surface area (Å²) in [6.45, 7) is 5.50. The topological polar surface area (TPSA) is 97.6 Å². The highest BCUT2D eigenvalue weighted by Gasteiger charge is 2.25. The number of nitriles is 1. The van der Waals surface area contributed by atoms with Gasteiger partial charge in [0.25, 0.3) is 5.91 Å². The van der Waals surface area contributed by atoms with Crippen molar-refractivity contribution in [3.05, 3.63) is 76.4 Å². The third-order valence-electron chi connectivity index (χ3n) is 6.14. The fourth-order valence-corrected chi connectivity index (χ4v) is 4.05. The average molecular weight is 458 g/mol. The summed E-state index contributed by atoms with van der Waals surface area (Å²) in [4.78, 5) is 31.4. The molecule has 3 rings (SSSR count). The molecule has 1 heterocycles. The molecule has 176 valence electrons. The van der Waals surface area contributed by atoms with Gasteiger partial charge < -0.3 is 15.5 Å². The molecule has 0 radical (unpaired) electrons. The second-order valence-corrected chi connectivity index (χ2v) is 8.39. The minimum absolute atomic E-state index is 0.0305. The number of aryl methyl sites for hydroxylation is 1. The van der Waals surface area contributed by atoms with Crippen LogP contribution in [-0.4, -0.2) is 49.7 Å². The Labute approximate surface area is 201 Å². The number of benzene rings is 2. The third-order valence-corrected chi connectivity index (χ3v) is 6.14. The first-order valence-corrected chi connectivity index (χ1v) is 11.5. The van der Waals surface area contributed by atoms with Crippen LogP contribution in [0.15, 0.2) is 59.1 Å². The van der Waals surface area contributed by atoms with Crippen LogP contribution in [0.5, 0.6) is 0 Å². The van der Waals surface area contributed by atoms with Crippen molar-refractivity contribution in [3.8, 4) is 6.07 Å². The van der Waals surface area contributed by atoms with Gasteiger partial charge in [-0.2, -0.15) is 5.26 Å². The standard InChI is InChI=1S/C27H31N5O2/c1-4-20(17-29-3)18-30-27(34)31-25-15-24(8-5-19(25)2)26(33)32-13-11-23(12-14-32)22-9-6-21(16-28)7-10-22/h4-10,15,17,23H,11-14,18H2,1-3H3,(H2,30,31,34)/b20-4+,29-17?. The number of anilines is 1. The number of carbonyl (C=O) groups is 2. The number of hydrogen-bond acceptors (Lipinski definition) is 4. The molecule has 0 spiro atoms. The largest absolute Gasteiger partial charge is 0.339 e. The summed E-state index contributed by atoms with van der Waals surface area (Å²) >= 11 is 0. The van der Waals surface area contributed by atoms with Gasteiger partial charge in [-0.3, -0.25) is 9.79 Å². The van der Waals surface area contributed by atoms with Gasteiger partial charge in [-0.05, 0) is 73.6 Å². The molecule has 0 bridgehead atoms. The van der Waals surface area contributed by atoms with Crippen molar-refractivity contribution in [1.29, 1.82) is 5.26 Å². The molecule has 2 aromatic rings. The second kappa shape index (κ2) is 11.8. The van der Waals surface area contributed by atoms with E-state index in [4.69, 9.17) is 5.26 Å². The smallest absolute Gasteiger partial charge is 0.319 e. The minimum Gasteiger partial charge on any atom is -0.339 e. The number of carbonyl (C=O) groups excluding carboxylic acids is 2. The van der Waals surface area contributed by atoms with Crippen LogP contribution in [-0.2, 0) is 0 Å². The average Bonchev–Trinajstić information content (AvgIpc) is 2.87. The van der Waals surface area contributed by atoms with E-state index in [0.29, 0.717) is 42.4 Å². The maximum Gasteiger partial charge on any atom is 0.319 e. The molecule has 2 N–H and O–H groups in total. The zero-order valence-corrected chi connectivity index (χ0v) is 20.0. The van der Waals surface area contributed by atoms with Crippen LogP contribution in [0.1, 0.15) is 52.7 Å². The minimum atomic E-state index is -0.334. The molecule has 0 atom stereocenters. The van der Waals surface area contributed by atoms with E-state index in [9.17, 15) is 9.59 Å². The van der Waals surface area contributed by atoms with Crippen LogP contribution in [0, 0.1) is 18.3 Å². The number of nitrogens with zero attached hydrogens (tertiary/aromatic N) is 3. The van der Waals surface area contributed by atoms with E-state index in [1.54, 1.807) is 19.3 Å². The van der Waals surface area contributed by atoms with Crippen LogP contribution in [0.2, 0.25) is 0 Å². The lowest BCUT2D eigenvalue weighted by molar-refractivity contribution is 0.0713. The van der Waals surface area contributed by atoms with E-state index < -0.39 is 0 Å². The molecule has 34 heavy (non-hydrogen) atoms. The summed E-state index contributed by atoms with van der Waals surface area (Å²) in [6, 6.07) is 14.9. The monoisotopic (exact) mass is 457 g/mol. The van der Waals surface area contributed by atoms with Gasteiger partial charge in [-0.15, -0.1) is 0 Å². The molecule has 0 unspecified atom stereocenters. The highest BCUT2D eigenvalue weighted by atomic mass is 16.2. The molecule has 0 aromatic heterocycles. The first-order chi connectivity index (χ1) is 16.4. The summed E-state index contributed by atoms with van der Waals surface area (Å²) in [6.07, 6.45) is 5.36. The number of allylic oxidation sites excluding steroid dienone is 1. The lowest BCUT2D eigenvalue weighted by Gasteiger charge is -2.32. The Hall–Kier alpha value is -3.92. The zero-order chi connectivity index (χ0) is 24.5. The summed E-state index contributed by atoms with van der Waals surface area (Å²) in [7, 11) is 1.69. The van der Waals surface area contributed by atoms with Crippen LogP contribution in [0.3, 0.4) is 0 Å². The molecule has 1 aliphatic heterocycles. The number of piperidine rings is 1. The highest BCUT2D eigenvalue weighted by Crippen LogP contribution is 2.29. The van der Waals surface area contributed by atoms with E-state index in [0.717, 1.165) is 24.0 Å². The maximum atomic E-state index is 13.1. The molecule has 1 aliphatic rings. The van der Waals surface area contributed by atoms with Crippen molar-refractivity contribution in [2.75, 3.05) is 32.0 Å². The van der Waals surface area contributed by atoms with E-state index in [-0.39, 0.29) is 11.9 Å². The fourth-order valence-electron chi connectivity index (χ4n) is 4.05. The van der Waals surface area contributed by atoms with Gasteiger partial charge in [0, 0.05) is 44.1 Å². The number of aliphatic imine (C=N–C) groups is 1. The van der Waals surface area contributed by atoms with Crippen LogP contribution in [0.4, 0.5) is 10.5 Å². The molecule has 7 heteroatoms. The normalized spacial score (nSPS) is 14.6. The maximum absolute atomic E-state index is 13.1. The Kier molecular flexibility index (Phi) is 8.58. The van der Waals surface area contributed by atoms with Gasteiger partial charge in [-0.25, -0.2) is 4.79 Å². The van der Waals surface area contributed by atoms with E-state index >= 15 is 0 Å². The first-order valence-electron chi connectivity index (χ1n) is 11.5. The van der Waals surface area contributed by atoms with Crippen LogP contribution < -0.4 is 10.6 Å². The molecule has 0 aliphatic carbocycles. The van der Waals surface area contributed by atoms with Gasteiger partial charge in [0.1, 0.15) is 0 Å². The van der Waals surface area contributed by atoms with Crippen molar-refractivity contribution >= 4 is 23.8 Å². The van der Waals surface area contributed by atoms with E-state index in [1.807, 2.05) is 61.2 Å². The molecular formula is C27H31N5O2. The molecule has 0 saturated carbocycles. The second-order valence-electron chi connectivity index (χ2n) is 8.39. The Balaban J connectivity index is 1.60. The first kappa shape index (κ1) is 24.7. The number of likely N-dealkylation sites (tertiary alicyclic amines) is 1. The van der Waals surface area contributed by atoms with Gasteiger partial charge in [0.15, 0.2) is 0 Å². The number of nitrogens with one attached hydrogen (secondary N) is 2. The van der Waals surface area contributed by atoms with Gasteiger partial charge in [0.05, 0.1) is 11.6 Å². The number of amides is 3. The molecule has 2 aromatic carbocycles. The van der Waals surface area contributed by atoms with Crippen molar-refractivity contribution in [1.82, 2.24) is 10.2 Å². The SMILES string of the molecule is C/C=C(\C=NC)CNC(=O)Nc1cc(C(=O)N2CCC(c3ccc(C#N)cc3)CC2)ccc1C. The van der Waals surface area contributed by atoms with Crippen LogP contribution >= 0.6 is 0 Å². The van der Waals surface area contributed by atoms with E-state index in [2.05, 4.69) is 21.7 Å². The molecule has 3 amide bonds. The van der Waals surface area contributed by atoms with Gasteiger partial charge >= 0.3 is 6.03 Å². The lowest BCUT2D eigenvalue weighted by atomic mass is 9.89. The fraction of sp³-hybridized carbons (Fsp3) is 0.333. The predicted octanol–water partition coefficient (Wildman–Crippen LogP) is 4.65. The molecule has 1 fully saturated rings. The number of rotatable bonds is 6. The molecule has 1 saturated heterocycles. The quantitative estimate of drug-likeness (QED) is 0.618. The zero-order valence-electron chi connectivity index (χ0n) is 20.0. The Morgan fingerprint density at radius 1 is 1.18 bits per heavy atom. The van der Waals surface area contributed by atoms with Crippen molar-refractivity contribution in [3.63, 3.8) is 0 Å². The van der Waals surface area contributed by atoms with E-state index in [1.165, 1.54) is 5.56 Å². The van der Waals surface area contributed by atoms with Crippen LogP contribution in [0.25, 0.3) is 0 Å². The van der Waals surface area contributed by atoms with Crippen molar-refractivity contribution in [2.45, 2.75) is 32.6 Å². The predicted molar refractivity (Wildman–Crippen MR) is 135 cm³/mol. The molecule has 7 nitrogen and oxygen atoms in total. The molecular weight excluding hydrogens is 426 g/mol. The number of urea groups is 1. The third kappa shape index (κ3) is 6.32. The summed E-state index contributed by atoms with van der Waals surface area (Å²) < 4.78 is 0. The Morgan fingerprint density at radius 2 is 1.88 bits per heavy atom. The van der Waals surface area contributed by atoms with Gasteiger partial charge in [0.2, 0.25) is 0 Å². The summed E-state index contributed by atoms with van der Waals surface area (Å²) in [5.41, 5.74) is 4.83. The number of hydrogen-bond donors (Lipinski definition) is 2. The van der Waals surface area contributed by atoms with Gasteiger partial charge in [-0.1, -0.05) is 24.3 Å². The van der Waals surface area contributed by atoms with Crippen molar-refractivity contribution < 1.29 is 9.59 Å². The Morgan fingerprint density at radius 3 is 2.50 bits per heavy atom. The van der Waals surface area contributed by atoms with Crippen molar-refractivity contribution in [2.24, 2.45) is 4.99 Å². The lowest BCUT2D eigenvalue weighted by Crippen LogP contribution is -2.38.